The minimum absolute atomic E-state index is 0.376. The number of benzene rings is 3. The van der Waals surface area contributed by atoms with Crippen LogP contribution in [0.4, 0.5) is 0 Å². The van der Waals surface area contributed by atoms with E-state index in [0.29, 0.717) is 5.58 Å². The molecule has 3 aromatic carbocycles. The third kappa shape index (κ3) is 2.02. The second kappa shape index (κ2) is 5.08. The minimum Gasteiger partial charge on any atom is -0.456 e. The van der Waals surface area contributed by atoms with E-state index >= 15 is 0 Å². The summed E-state index contributed by atoms with van der Waals surface area (Å²) in [5.41, 5.74) is 2.83. The van der Waals surface area contributed by atoms with Crippen molar-refractivity contribution in [1.82, 2.24) is 0 Å². The molecule has 0 radical (unpaired) electrons. The van der Waals surface area contributed by atoms with Crippen LogP contribution in [0.5, 0.6) is 0 Å². The number of furan rings is 1. The summed E-state index contributed by atoms with van der Waals surface area (Å²) in [7, 11) is 0. The first-order valence-corrected chi connectivity index (χ1v) is 8.16. The average molecular weight is 326 g/mol. The number of para-hydroxylation sites is 1. The number of rotatable bonds is 1. The molecular formula is C22H14O3. The van der Waals surface area contributed by atoms with E-state index in [0.717, 1.165) is 44.0 Å². The van der Waals surface area contributed by atoms with Crippen LogP contribution in [0.15, 0.2) is 80.4 Å². The topological polar surface area (TPSA) is 43.4 Å². The molecule has 0 saturated carbocycles. The van der Waals surface area contributed by atoms with Gasteiger partial charge in [0.2, 0.25) is 0 Å². The summed E-state index contributed by atoms with van der Waals surface area (Å²) in [5, 5.41) is 3.89. The van der Waals surface area contributed by atoms with Crippen LogP contribution in [0, 0.1) is 6.92 Å². The van der Waals surface area contributed by atoms with Crippen molar-refractivity contribution in [3.05, 3.63) is 82.7 Å². The Morgan fingerprint density at radius 1 is 0.760 bits per heavy atom. The molecule has 0 aliphatic rings. The molecule has 5 aromatic rings. The molecule has 0 bridgehead atoms. The highest BCUT2D eigenvalue weighted by Crippen LogP contribution is 2.37. The maximum atomic E-state index is 12.2. The highest BCUT2D eigenvalue weighted by Gasteiger charge is 2.17. The predicted octanol–water partition coefficient (Wildman–Crippen LogP) is 5.67. The van der Waals surface area contributed by atoms with Gasteiger partial charge in [0.25, 0.3) is 0 Å². The molecule has 0 aliphatic heterocycles. The van der Waals surface area contributed by atoms with Gasteiger partial charge >= 0.3 is 5.63 Å². The molecule has 0 aliphatic carbocycles. The molecule has 2 aromatic heterocycles. The van der Waals surface area contributed by atoms with Gasteiger partial charge in [0.1, 0.15) is 16.9 Å². The standard InChI is InChI=1S/C22H14O3/c1-13-15-7-4-5-9-19(15)24-21(13)18-12-20(23)25-22-16-8-3-2-6-14(16)10-11-17(18)22/h2-12H,1H3. The zero-order valence-corrected chi connectivity index (χ0v) is 13.6. The first kappa shape index (κ1) is 14.1. The van der Waals surface area contributed by atoms with Crippen molar-refractivity contribution in [2.75, 3.05) is 0 Å². The summed E-state index contributed by atoms with van der Waals surface area (Å²) in [4.78, 5) is 12.2. The van der Waals surface area contributed by atoms with E-state index in [4.69, 9.17) is 8.83 Å². The van der Waals surface area contributed by atoms with Crippen molar-refractivity contribution in [2.24, 2.45) is 0 Å². The molecule has 0 atom stereocenters. The van der Waals surface area contributed by atoms with E-state index in [1.54, 1.807) is 0 Å². The SMILES string of the molecule is Cc1c(-c2cc(=O)oc3c2ccc2ccccc23)oc2ccccc12. The fourth-order valence-electron chi connectivity index (χ4n) is 3.51. The minimum atomic E-state index is -0.376. The molecule has 0 fully saturated rings. The molecular weight excluding hydrogens is 312 g/mol. The highest BCUT2D eigenvalue weighted by molar-refractivity contribution is 6.09. The molecule has 3 heteroatoms. The summed E-state index contributed by atoms with van der Waals surface area (Å²) in [5.74, 6) is 0.717. The van der Waals surface area contributed by atoms with Gasteiger partial charge in [0, 0.05) is 33.4 Å². The summed E-state index contributed by atoms with van der Waals surface area (Å²) in [6.45, 7) is 2.02. The molecule has 0 amide bonds. The quantitative estimate of drug-likeness (QED) is 0.294. The number of aryl methyl sites for hydroxylation is 1. The van der Waals surface area contributed by atoms with Gasteiger partial charge < -0.3 is 8.83 Å². The van der Waals surface area contributed by atoms with Gasteiger partial charge in [-0.05, 0) is 24.4 Å². The molecule has 3 nitrogen and oxygen atoms in total. The molecule has 0 saturated heterocycles. The maximum absolute atomic E-state index is 12.2. The van der Waals surface area contributed by atoms with Crippen molar-refractivity contribution in [3.8, 4) is 11.3 Å². The van der Waals surface area contributed by atoms with Gasteiger partial charge in [0.05, 0.1) is 0 Å². The Kier molecular flexibility index (Phi) is 2.86. The van der Waals surface area contributed by atoms with Crippen LogP contribution in [-0.4, -0.2) is 0 Å². The highest BCUT2D eigenvalue weighted by atomic mass is 16.4. The van der Waals surface area contributed by atoms with Gasteiger partial charge in [-0.3, -0.25) is 0 Å². The number of hydrogen-bond acceptors (Lipinski definition) is 3. The molecule has 0 spiro atoms. The average Bonchev–Trinajstić information content (AvgIpc) is 2.98. The second-order valence-corrected chi connectivity index (χ2v) is 6.19. The van der Waals surface area contributed by atoms with E-state index in [2.05, 4.69) is 0 Å². The fraction of sp³-hybridized carbons (Fsp3) is 0.0455. The van der Waals surface area contributed by atoms with Gasteiger partial charge in [0.15, 0.2) is 0 Å². The lowest BCUT2D eigenvalue weighted by molar-refractivity contribution is 0.562. The van der Waals surface area contributed by atoms with E-state index in [1.807, 2.05) is 67.6 Å². The fourth-order valence-corrected chi connectivity index (χ4v) is 3.51. The van der Waals surface area contributed by atoms with Crippen molar-refractivity contribution in [2.45, 2.75) is 6.92 Å². The van der Waals surface area contributed by atoms with Crippen LogP contribution in [0.25, 0.3) is 44.0 Å². The third-order valence-electron chi connectivity index (χ3n) is 4.72. The number of hydrogen-bond donors (Lipinski definition) is 0. The van der Waals surface area contributed by atoms with Gasteiger partial charge in [-0.2, -0.15) is 0 Å². The van der Waals surface area contributed by atoms with E-state index in [-0.39, 0.29) is 5.63 Å². The number of fused-ring (bicyclic) bond motifs is 4. The van der Waals surface area contributed by atoms with Crippen LogP contribution in [0.1, 0.15) is 5.56 Å². The Hall–Kier alpha value is -3.33. The summed E-state index contributed by atoms with van der Waals surface area (Å²) >= 11 is 0. The zero-order valence-electron chi connectivity index (χ0n) is 13.6. The first-order chi connectivity index (χ1) is 12.2. The monoisotopic (exact) mass is 326 g/mol. The van der Waals surface area contributed by atoms with Crippen molar-refractivity contribution < 1.29 is 8.83 Å². The van der Waals surface area contributed by atoms with Crippen molar-refractivity contribution in [1.29, 1.82) is 0 Å². The van der Waals surface area contributed by atoms with Crippen molar-refractivity contribution in [3.63, 3.8) is 0 Å². The lowest BCUT2D eigenvalue weighted by Gasteiger charge is -2.06. The first-order valence-electron chi connectivity index (χ1n) is 8.16. The Balaban J connectivity index is 1.94. The molecule has 5 rings (SSSR count). The summed E-state index contributed by atoms with van der Waals surface area (Å²) < 4.78 is 11.6. The van der Waals surface area contributed by atoms with E-state index in [1.165, 1.54) is 6.07 Å². The molecule has 0 unspecified atom stereocenters. The Morgan fingerprint density at radius 2 is 1.52 bits per heavy atom. The third-order valence-corrected chi connectivity index (χ3v) is 4.72. The van der Waals surface area contributed by atoms with Crippen LogP contribution in [0.2, 0.25) is 0 Å². The molecule has 2 heterocycles. The smallest absolute Gasteiger partial charge is 0.336 e. The normalized spacial score (nSPS) is 11.6. The zero-order chi connectivity index (χ0) is 17.0. The van der Waals surface area contributed by atoms with Gasteiger partial charge in [-0.1, -0.05) is 48.5 Å². The Morgan fingerprint density at radius 3 is 2.36 bits per heavy atom. The largest absolute Gasteiger partial charge is 0.456 e. The van der Waals surface area contributed by atoms with E-state index < -0.39 is 0 Å². The molecule has 25 heavy (non-hydrogen) atoms. The van der Waals surface area contributed by atoms with Crippen LogP contribution >= 0.6 is 0 Å². The summed E-state index contributed by atoms with van der Waals surface area (Å²) in [6.07, 6.45) is 0. The van der Waals surface area contributed by atoms with Crippen molar-refractivity contribution >= 4 is 32.7 Å². The Labute approximate surface area is 143 Å². The van der Waals surface area contributed by atoms with Crippen LogP contribution in [-0.2, 0) is 0 Å². The van der Waals surface area contributed by atoms with Gasteiger partial charge in [-0.25, -0.2) is 4.79 Å². The Bertz CT molecular complexity index is 1320. The second-order valence-electron chi connectivity index (χ2n) is 6.19. The lowest BCUT2D eigenvalue weighted by atomic mass is 10.0. The summed E-state index contributed by atoms with van der Waals surface area (Å²) in [6, 6.07) is 21.3. The van der Waals surface area contributed by atoms with E-state index in [9.17, 15) is 4.79 Å². The predicted molar refractivity (Wildman–Crippen MR) is 99.9 cm³/mol. The maximum Gasteiger partial charge on any atom is 0.336 e. The van der Waals surface area contributed by atoms with Gasteiger partial charge in [-0.15, -0.1) is 0 Å². The lowest BCUT2D eigenvalue weighted by Crippen LogP contribution is -1.98. The molecule has 120 valence electrons. The van der Waals surface area contributed by atoms with Crippen LogP contribution < -0.4 is 5.63 Å². The van der Waals surface area contributed by atoms with Crippen LogP contribution in [0.3, 0.4) is 0 Å². The molecule has 0 N–H and O–H groups in total.